The fourth-order valence-electron chi connectivity index (χ4n) is 2.01. The van der Waals surface area contributed by atoms with Crippen LogP contribution in [0, 0.1) is 5.41 Å². The van der Waals surface area contributed by atoms with Gasteiger partial charge in [0.05, 0.1) is 6.61 Å². The number of carbonyl (C=O) groups excluding carboxylic acids is 2. The number of rotatable bonds is 7. The summed E-state index contributed by atoms with van der Waals surface area (Å²) in [5.74, 6) is -0.111. The highest BCUT2D eigenvalue weighted by molar-refractivity contribution is 7.98. The Morgan fingerprint density at radius 2 is 1.89 bits per heavy atom. The van der Waals surface area contributed by atoms with Gasteiger partial charge in [0, 0.05) is 5.75 Å². The number of ketones is 1. The summed E-state index contributed by atoms with van der Waals surface area (Å²) < 4.78 is 5.12. The van der Waals surface area contributed by atoms with Gasteiger partial charge in [0.15, 0.2) is 0 Å². The number of hydrogen-bond donors (Lipinski definition) is 0. The van der Waals surface area contributed by atoms with Gasteiger partial charge < -0.3 is 4.74 Å². The van der Waals surface area contributed by atoms with E-state index in [4.69, 9.17) is 4.74 Å². The topological polar surface area (TPSA) is 43.4 Å². The number of ether oxygens (including phenoxy) is 1. The van der Waals surface area contributed by atoms with Crippen LogP contribution in [0.25, 0.3) is 0 Å². The van der Waals surface area contributed by atoms with Crippen molar-refractivity contribution in [2.24, 2.45) is 5.41 Å². The van der Waals surface area contributed by atoms with Gasteiger partial charge in [0.25, 0.3) is 0 Å². The molecule has 0 spiro atoms. The Morgan fingerprint density at radius 3 is 2.37 bits per heavy atom. The average molecular weight is 280 g/mol. The number of carbonyl (C=O) groups is 2. The molecule has 0 radical (unpaired) electrons. The van der Waals surface area contributed by atoms with Crippen molar-refractivity contribution in [1.29, 1.82) is 0 Å². The van der Waals surface area contributed by atoms with Crippen molar-refractivity contribution in [1.82, 2.24) is 0 Å². The summed E-state index contributed by atoms with van der Waals surface area (Å²) in [5, 5.41) is 0. The molecule has 0 saturated carbocycles. The summed E-state index contributed by atoms with van der Waals surface area (Å²) in [6.45, 7) is 3.51. The molecule has 0 N–H and O–H groups in total. The Labute approximate surface area is 118 Å². The third kappa shape index (κ3) is 3.83. The second-order valence-corrected chi connectivity index (χ2v) is 5.32. The molecule has 1 unspecified atom stereocenters. The number of benzene rings is 1. The van der Waals surface area contributed by atoms with E-state index >= 15 is 0 Å². The minimum absolute atomic E-state index is 0.135. The molecule has 1 rings (SSSR count). The predicted octanol–water partition coefficient (Wildman–Crippen LogP) is 2.73. The zero-order valence-electron chi connectivity index (χ0n) is 11.6. The zero-order valence-corrected chi connectivity index (χ0v) is 12.5. The predicted molar refractivity (Wildman–Crippen MR) is 78.3 cm³/mol. The summed E-state index contributed by atoms with van der Waals surface area (Å²) >= 11 is 1.49. The highest BCUT2D eigenvalue weighted by Crippen LogP contribution is 2.30. The van der Waals surface area contributed by atoms with E-state index < -0.39 is 11.4 Å². The number of Topliss-reactive ketones (excluding diaryl/α,β-unsaturated/α-hetero) is 1. The summed E-state index contributed by atoms with van der Waals surface area (Å²) in [7, 11) is 0. The lowest BCUT2D eigenvalue weighted by atomic mass is 9.80. The monoisotopic (exact) mass is 280 g/mol. The van der Waals surface area contributed by atoms with Crippen LogP contribution in [0.2, 0.25) is 0 Å². The Morgan fingerprint density at radius 1 is 1.26 bits per heavy atom. The molecule has 1 aromatic rings. The highest BCUT2D eigenvalue weighted by Gasteiger charge is 2.44. The lowest BCUT2D eigenvalue weighted by Crippen LogP contribution is -2.43. The molecule has 4 heteroatoms. The van der Waals surface area contributed by atoms with Crippen molar-refractivity contribution in [2.75, 3.05) is 18.6 Å². The molecule has 19 heavy (non-hydrogen) atoms. The maximum Gasteiger partial charge on any atom is 0.320 e. The normalized spacial score (nSPS) is 13.6. The van der Waals surface area contributed by atoms with Gasteiger partial charge in [-0.2, -0.15) is 11.8 Å². The van der Waals surface area contributed by atoms with Crippen molar-refractivity contribution in [3.63, 3.8) is 0 Å². The number of thioether (sulfide) groups is 1. The Balaban J connectivity index is 3.09. The van der Waals surface area contributed by atoms with Crippen LogP contribution in [0.3, 0.4) is 0 Å². The molecule has 0 aliphatic heterocycles. The molecule has 0 aromatic heterocycles. The minimum atomic E-state index is -1.07. The van der Waals surface area contributed by atoms with Crippen molar-refractivity contribution < 1.29 is 14.3 Å². The molecular weight excluding hydrogens is 260 g/mol. The van der Waals surface area contributed by atoms with E-state index in [2.05, 4.69) is 0 Å². The van der Waals surface area contributed by atoms with Crippen LogP contribution in [-0.2, 0) is 20.7 Å². The lowest BCUT2D eigenvalue weighted by molar-refractivity contribution is -0.158. The molecule has 0 amide bonds. The third-order valence-electron chi connectivity index (χ3n) is 3.08. The van der Waals surface area contributed by atoms with Gasteiger partial charge in [0.2, 0.25) is 0 Å². The lowest BCUT2D eigenvalue weighted by Gasteiger charge is -2.28. The smallest absolute Gasteiger partial charge is 0.320 e. The minimum Gasteiger partial charge on any atom is -0.465 e. The Bertz CT molecular complexity index is 430. The van der Waals surface area contributed by atoms with Crippen LogP contribution >= 0.6 is 11.8 Å². The molecule has 0 heterocycles. The van der Waals surface area contributed by atoms with Crippen molar-refractivity contribution in [3.8, 4) is 0 Å². The molecule has 0 saturated heterocycles. The molecule has 0 fully saturated rings. The molecule has 1 aromatic carbocycles. The van der Waals surface area contributed by atoms with Gasteiger partial charge in [-0.25, -0.2) is 0 Å². The van der Waals surface area contributed by atoms with Crippen LogP contribution < -0.4 is 0 Å². The zero-order chi connectivity index (χ0) is 14.3. The van der Waals surface area contributed by atoms with Gasteiger partial charge in [-0.1, -0.05) is 30.3 Å². The van der Waals surface area contributed by atoms with Crippen molar-refractivity contribution in [2.45, 2.75) is 20.3 Å². The van der Waals surface area contributed by atoms with E-state index in [1.54, 1.807) is 6.92 Å². The quantitative estimate of drug-likeness (QED) is 0.569. The largest absolute Gasteiger partial charge is 0.465 e. The molecule has 0 aliphatic carbocycles. The molecule has 104 valence electrons. The maximum absolute atomic E-state index is 12.2. The average Bonchev–Trinajstić information content (AvgIpc) is 2.39. The van der Waals surface area contributed by atoms with E-state index in [1.165, 1.54) is 18.7 Å². The van der Waals surface area contributed by atoms with Gasteiger partial charge in [-0.3, -0.25) is 9.59 Å². The van der Waals surface area contributed by atoms with Gasteiger partial charge in [-0.05, 0) is 32.1 Å². The second-order valence-electron chi connectivity index (χ2n) is 4.45. The third-order valence-corrected chi connectivity index (χ3v) is 3.86. The molecule has 1 atom stereocenters. The summed E-state index contributed by atoms with van der Waals surface area (Å²) in [6.07, 6.45) is 2.28. The molecule has 0 bridgehead atoms. The highest BCUT2D eigenvalue weighted by atomic mass is 32.2. The van der Waals surface area contributed by atoms with Crippen LogP contribution in [-0.4, -0.2) is 30.4 Å². The van der Waals surface area contributed by atoms with Gasteiger partial charge in [-0.15, -0.1) is 0 Å². The van der Waals surface area contributed by atoms with E-state index in [0.717, 1.165) is 5.56 Å². The fraction of sp³-hybridized carbons (Fsp3) is 0.467. The maximum atomic E-state index is 12.2. The Kier molecular flexibility index (Phi) is 6.09. The van der Waals surface area contributed by atoms with E-state index in [0.29, 0.717) is 12.2 Å². The van der Waals surface area contributed by atoms with Crippen LogP contribution in [0.1, 0.15) is 19.4 Å². The van der Waals surface area contributed by atoms with E-state index in [9.17, 15) is 9.59 Å². The Hall–Kier alpha value is -1.29. The first kappa shape index (κ1) is 15.8. The van der Waals surface area contributed by atoms with E-state index in [-0.39, 0.29) is 12.4 Å². The molecule has 0 aliphatic rings. The number of esters is 1. The van der Waals surface area contributed by atoms with Gasteiger partial charge >= 0.3 is 5.97 Å². The summed E-state index contributed by atoms with van der Waals surface area (Å²) in [4.78, 5) is 24.3. The van der Waals surface area contributed by atoms with Crippen molar-refractivity contribution >= 4 is 23.5 Å². The SMILES string of the molecule is CCOC(=O)C(CSC)(Cc1ccccc1)C(C)=O. The van der Waals surface area contributed by atoms with Crippen LogP contribution in [0.5, 0.6) is 0 Å². The first-order chi connectivity index (χ1) is 9.06. The molecular formula is C15H20O3S. The van der Waals surface area contributed by atoms with E-state index in [1.807, 2.05) is 36.6 Å². The fourth-order valence-corrected chi connectivity index (χ4v) is 2.93. The second kappa shape index (κ2) is 7.34. The first-order valence-corrected chi connectivity index (χ1v) is 7.67. The molecule has 3 nitrogen and oxygen atoms in total. The van der Waals surface area contributed by atoms with Crippen LogP contribution in [0.4, 0.5) is 0 Å². The first-order valence-electron chi connectivity index (χ1n) is 6.28. The summed E-state index contributed by atoms with van der Waals surface area (Å²) in [5.41, 5.74) is -0.101. The number of hydrogen-bond acceptors (Lipinski definition) is 4. The summed E-state index contributed by atoms with van der Waals surface area (Å²) in [6, 6.07) is 9.58. The van der Waals surface area contributed by atoms with Gasteiger partial charge in [0.1, 0.15) is 11.2 Å². The standard InChI is InChI=1S/C15H20O3S/c1-4-18-14(17)15(11-19-3,12(2)16)10-13-8-6-5-7-9-13/h5-9H,4,10-11H2,1-3H3. The van der Waals surface area contributed by atoms with Crippen LogP contribution in [0.15, 0.2) is 30.3 Å². The van der Waals surface area contributed by atoms with Crippen molar-refractivity contribution in [3.05, 3.63) is 35.9 Å².